The summed E-state index contributed by atoms with van der Waals surface area (Å²) in [5, 5.41) is 3.19. The second-order valence-electron chi connectivity index (χ2n) is 3.43. The van der Waals surface area contributed by atoms with E-state index in [0.717, 1.165) is 25.9 Å². The SMILES string of the molecule is NCCNCC(N)CCC[SiH2]C(Cl)Cl. The van der Waals surface area contributed by atoms with Crippen molar-refractivity contribution in [3.05, 3.63) is 0 Å². The molecule has 0 saturated carbocycles. The summed E-state index contributed by atoms with van der Waals surface area (Å²) in [4.78, 5) is 0. The fourth-order valence-electron chi connectivity index (χ4n) is 1.20. The van der Waals surface area contributed by atoms with E-state index < -0.39 is 0 Å². The van der Waals surface area contributed by atoms with Crippen molar-refractivity contribution in [2.24, 2.45) is 11.5 Å². The molecule has 0 aromatic heterocycles. The first-order valence-corrected chi connectivity index (χ1v) is 7.80. The zero-order valence-electron chi connectivity index (χ0n) is 8.52. The minimum Gasteiger partial charge on any atom is -0.329 e. The first-order valence-electron chi connectivity index (χ1n) is 5.11. The molecule has 0 aliphatic carbocycles. The topological polar surface area (TPSA) is 64.1 Å². The summed E-state index contributed by atoms with van der Waals surface area (Å²) in [6.45, 7) is 2.36. The average Bonchev–Trinajstić information content (AvgIpc) is 2.13. The van der Waals surface area contributed by atoms with Crippen LogP contribution in [-0.2, 0) is 0 Å². The largest absolute Gasteiger partial charge is 0.329 e. The van der Waals surface area contributed by atoms with Crippen LogP contribution in [0.15, 0.2) is 0 Å². The van der Waals surface area contributed by atoms with E-state index in [1.54, 1.807) is 0 Å². The number of hydrogen-bond acceptors (Lipinski definition) is 3. The lowest BCUT2D eigenvalue weighted by atomic mass is 10.2. The quantitative estimate of drug-likeness (QED) is 0.310. The Morgan fingerprint density at radius 3 is 2.64 bits per heavy atom. The predicted molar refractivity (Wildman–Crippen MR) is 68.0 cm³/mol. The molecule has 0 fully saturated rings. The van der Waals surface area contributed by atoms with Gasteiger partial charge in [0, 0.05) is 25.7 Å². The monoisotopic (exact) mass is 257 g/mol. The van der Waals surface area contributed by atoms with E-state index in [2.05, 4.69) is 5.32 Å². The lowest BCUT2D eigenvalue weighted by Gasteiger charge is -2.11. The molecule has 0 aliphatic rings. The molecule has 1 atom stereocenters. The summed E-state index contributed by atoms with van der Waals surface area (Å²) < 4.78 is -0.0958. The molecule has 14 heavy (non-hydrogen) atoms. The second kappa shape index (κ2) is 10.2. The smallest absolute Gasteiger partial charge is 0.0908 e. The molecule has 0 bridgehead atoms. The Bertz CT molecular complexity index is 127. The molecule has 0 aliphatic heterocycles. The highest BCUT2D eigenvalue weighted by Gasteiger charge is 2.03. The van der Waals surface area contributed by atoms with Crippen LogP contribution in [0.5, 0.6) is 0 Å². The normalized spacial score (nSPS) is 14.4. The van der Waals surface area contributed by atoms with Gasteiger partial charge >= 0.3 is 0 Å². The lowest BCUT2D eigenvalue weighted by Crippen LogP contribution is -2.36. The van der Waals surface area contributed by atoms with Gasteiger partial charge in [-0.25, -0.2) is 0 Å². The van der Waals surface area contributed by atoms with Gasteiger partial charge in [-0.05, 0) is 6.42 Å². The fourth-order valence-corrected chi connectivity index (χ4v) is 3.01. The van der Waals surface area contributed by atoms with Crippen molar-refractivity contribution in [2.45, 2.75) is 29.4 Å². The predicted octanol–water partition coefficient (Wildman–Crippen LogP) is -0.00950. The van der Waals surface area contributed by atoms with Gasteiger partial charge in [0.25, 0.3) is 0 Å². The summed E-state index contributed by atoms with van der Waals surface area (Å²) in [6, 6.07) is 1.42. The molecule has 5 N–H and O–H groups in total. The maximum Gasteiger partial charge on any atom is 0.0908 e. The summed E-state index contributed by atoms with van der Waals surface area (Å²) in [5.41, 5.74) is 11.2. The van der Waals surface area contributed by atoms with Gasteiger partial charge in [-0.2, -0.15) is 0 Å². The Hall–Kier alpha value is 0.677. The Morgan fingerprint density at radius 1 is 1.36 bits per heavy atom. The molecule has 0 heterocycles. The van der Waals surface area contributed by atoms with Crippen LogP contribution in [0, 0.1) is 0 Å². The maximum absolute atomic E-state index is 5.88. The Labute approximate surface area is 98.7 Å². The van der Waals surface area contributed by atoms with Crippen LogP contribution in [0.3, 0.4) is 0 Å². The fraction of sp³-hybridized carbons (Fsp3) is 1.00. The van der Waals surface area contributed by atoms with E-state index in [1.807, 2.05) is 0 Å². The summed E-state index contributed by atoms with van der Waals surface area (Å²) >= 11 is 11.3. The first-order chi connectivity index (χ1) is 6.66. The van der Waals surface area contributed by atoms with Gasteiger partial charge in [0.15, 0.2) is 0 Å². The third kappa shape index (κ3) is 10.8. The molecule has 86 valence electrons. The van der Waals surface area contributed by atoms with Crippen LogP contribution in [-0.4, -0.2) is 39.7 Å². The van der Waals surface area contributed by atoms with Gasteiger partial charge in [0.05, 0.1) is 14.0 Å². The molecule has 1 unspecified atom stereocenters. The van der Waals surface area contributed by atoms with Gasteiger partial charge in [-0.1, -0.05) is 12.5 Å². The van der Waals surface area contributed by atoms with Crippen molar-refractivity contribution < 1.29 is 0 Å². The van der Waals surface area contributed by atoms with Crippen LogP contribution in [0.4, 0.5) is 0 Å². The van der Waals surface area contributed by atoms with Crippen molar-refractivity contribution in [2.75, 3.05) is 19.6 Å². The maximum atomic E-state index is 5.88. The third-order valence-electron chi connectivity index (χ3n) is 1.97. The molecule has 3 nitrogen and oxygen atoms in total. The van der Waals surface area contributed by atoms with Crippen LogP contribution in [0.1, 0.15) is 12.8 Å². The summed E-state index contributed by atoms with van der Waals surface area (Å²) in [7, 11) is -0.286. The molecule has 6 heteroatoms. The Morgan fingerprint density at radius 2 is 2.07 bits per heavy atom. The highest BCUT2D eigenvalue weighted by molar-refractivity contribution is 6.68. The number of rotatable bonds is 9. The van der Waals surface area contributed by atoms with Crippen molar-refractivity contribution >= 4 is 32.7 Å². The molecule has 0 saturated heterocycles. The molecule has 0 rings (SSSR count). The summed E-state index contributed by atoms with van der Waals surface area (Å²) in [6.07, 6.45) is 2.19. The van der Waals surface area contributed by atoms with Gasteiger partial charge in [0.1, 0.15) is 0 Å². The van der Waals surface area contributed by atoms with Crippen molar-refractivity contribution in [3.63, 3.8) is 0 Å². The van der Waals surface area contributed by atoms with Crippen molar-refractivity contribution in [1.29, 1.82) is 0 Å². The Kier molecular flexibility index (Phi) is 10.7. The van der Waals surface area contributed by atoms with E-state index in [4.69, 9.17) is 34.7 Å². The lowest BCUT2D eigenvalue weighted by molar-refractivity contribution is 0.542. The number of nitrogens with one attached hydrogen (secondary N) is 1. The number of hydrogen-bond donors (Lipinski definition) is 3. The van der Waals surface area contributed by atoms with Gasteiger partial charge in [0.2, 0.25) is 0 Å². The van der Waals surface area contributed by atoms with Crippen molar-refractivity contribution in [1.82, 2.24) is 5.32 Å². The van der Waals surface area contributed by atoms with E-state index in [1.165, 1.54) is 6.04 Å². The zero-order chi connectivity index (χ0) is 10.8. The number of alkyl halides is 2. The Balaban J connectivity index is 3.14. The van der Waals surface area contributed by atoms with Gasteiger partial charge in [-0.15, -0.1) is 23.2 Å². The average molecular weight is 258 g/mol. The van der Waals surface area contributed by atoms with E-state index >= 15 is 0 Å². The number of halogens is 2. The first kappa shape index (κ1) is 14.7. The van der Waals surface area contributed by atoms with Crippen LogP contribution >= 0.6 is 23.2 Å². The van der Waals surface area contributed by atoms with E-state index in [0.29, 0.717) is 6.54 Å². The molecule has 0 aromatic rings. The molecule has 0 radical (unpaired) electrons. The molecule has 0 aromatic carbocycles. The highest BCUT2D eigenvalue weighted by atomic mass is 35.5. The van der Waals surface area contributed by atoms with Crippen LogP contribution in [0.25, 0.3) is 0 Å². The van der Waals surface area contributed by atoms with Crippen LogP contribution in [0.2, 0.25) is 6.04 Å². The minimum atomic E-state index is -0.286. The third-order valence-corrected chi connectivity index (χ3v) is 4.63. The van der Waals surface area contributed by atoms with Gasteiger partial charge in [-0.3, -0.25) is 0 Å². The minimum absolute atomic E-state index is 0.0958. The standard InChI is InChI=1S/C8H21Cl2N3Si/c9-8(10)14-5-1-2-7(12)6-13-4-3-11/h7-8,13H,1-6,11-12,14H2. The van der Waals surface area contributed by atoms with Gasteiger partial charge < -0.3 is 16.8 Å². The summed E-state index contributed by atoms with van der Waals surface area (Å²) in [5.74, 6) is 0. The molecule has 0 amide bonds. The zero-order valence-corrected chi connectivity index (χ0v) is 11.4. The molecular formula is C8H21Cl2N3Si. The number of nitrogens with two attached hydrogens (primary N) is 2. The second-order valence-corrected chi connectivity index (χ2v) is 7.84. The highest BCUT2D eigenvalue weighted by Crippen LogP contribution is 2.05. The van der Waals surface area contributed by atoms with E-state index in [9.17, 15) is 0 Å². The van der Waals surface area contributed by atoms with Crippen molar-refractivity contribution in [3.8, 4) is 0 Å². The molecule has 0 spiro atoms. The molecular weight excluding hydrogens is 237 g/mol. The van der Waals surface area contributed by atoms with E-state index in [-0.39, 0.29) is 20.0 Å². The van der Waals surface area contributed by atoms with Crippen LogP contribution < -0.4 is 16.8 Å².